The predicted octanol–water partition coefficient (Wildman–Crippen LogP) is 4.46. The summed E-state index contributed by atoms with van der Waals surface area (Å²) in [6, 6.07) is 8.17. The van der Waals surface area contributed by atoms with E-state index in [9.17, 15) is 23.5 Å². The molecule has 2 unspecified atom stereocenters. The first kappa shape index (κ1) is 22.7. The Morgan fingerprint density at radius 3 is 2.59 bits per heavy atom. The van der Waals surface area contributed by atoms with Crippen LogP contribution >= 0.6 is 0 Å². The molecule has 1 aromatic carbocycles. The fourth-order valence-electron chi connectivity index (χ4n) is 6.49. The van der Waals surface area contributed by atoms with Crippen LogP contribution in [0.1, 0.15) is 43.2 Å². The van der Waals surface area contributed by atoms with E-state index in [0.29, 0.717) is 34.7 Å². The van der Waals surface area contributed by atoms with Crippen LogP contribution in [-0.4, -0.2) is 34.1 Å². The number of aliphatic hydroxyl groups is 1. The van der Waals surface area contributed by atoms with Crippen molar-refractivity contribution >= 4 is 11.8 Å². The van der Waals surface area contributed by atoms with Gasteiger partial charge in [0.05, 0.1) is 6.20 Å². The van der Waals surface area contributed by atoms with E-state index in [1.54, 1.807) is 6.07 Å². The van der Waals surface area contributed by atoms with E-state index in [-0.39, 0.29) is 36.3 Å². The van der Waals surface area contributed by atoms with Crippen molar-refractivity contribution in [3.8, 4) is 11.8 Å². The van der Waals surface area contributed by atoms with Crippen molar-refractivity contribution in [2.75, 3.05) is 17.2 Å². The molecule has 34 heavy (non-hydrogen) atoms. The van der Waals surface area contributed by atoms with E-state index in [1.807, 2.05) is 0 Å². The minimum absolute atomic E-state index is 0.0208. The van der Waals surface area contributed by atoms with E-state index in [2.05, 4.69) is 31.4 Å². The number of nitrogens with zero attached hydrogens (tertiary/aromatic N) is 3. The molecule has 6 rings (SSSR count). The topological polar surface area (TPSA) is 103 Å². The SMILES string of the molecule is N#Cc1cnc(NCc2ccccc2OC(F)(F)F)nc1NC1C2CC3CC1CC(CO)(C3)C2. The van der Waals surface area contributed by atoms with Crippen LogP contribution in [0.2, 0.25) is 0 Å². The Morgan fingerprint density at radius 1 is 1.18 bits per heavy atom. The van der Waals surface area contributed by atoms with E-state index in [1.165, 1.54) is 24.4 Å². The fraction of sp³-hybridized carbons (Fsp3) is 0.542. The monoisotopic (exact) mass is 473 g/mol. The highest BCUT2D eigenvalue weighted by atomic mass is 19.4. The zero-order chi connectivity index (χ0) is 23.9. The summed E-state index contributed by atoms with van der Waals surface area (Å²) in [5, 5.41) is 26.0. The second-order valence-electron chi connectivity index (χ2n) is 9.87. The van der Waals surface area contributed by atoms with Crippen molar-refractivity contribution in [3.05, 3.63) is 41.6 Å². The van der Waals surface area contributed by atoms with Crippen LogP contribution in [0, 0.1) is 34.5 Å². The van der Waals surface area contributed by atoms with Crippen molar-refractivity contribution in [1.29, 1.82) is 5.26 Å². The van der Waals surface area contributed by atoms with E-state index in [0.717, 1.165) is 32.1 Å². The van der Waals surface area contributed by atoms with Crippen LogP contribution in [0.25, 0.3) is 0 Å². The van der Waals surface area contributed by atoms with Crippen molar-refractivity contribution in [2.45, 2.75) is 51.1 Å². The first-order valence-electron chi connectivity index (χ1n) is 11.5. The Kier molecular flexibility index (Phi) is 5.76. The number of para-hydroxylation sites is 1. The number of hydrogen-bond acceptors (Lipinski definition) is 7. The Hall–Kier alpha value is -3.06. The number of hydrogen-bond donors (Lipinski definition) is 3. The molecule has 4 saturated carbocycles. The minimum Gasteiger partial charge on any atom is -0.405 e. The molecule has 4 aliphatic carbocycles. The van der Waals surface area contributed by atoms with Gasteiger partial charge in [0.2, 0.25) is 5.95 Å². The van der Waals surface area contributed by atoms with E-state index >= 15 is 0 Å². The molecule has 4 fully saturated rings. The van der Waals surface area contributed by atoms with Gasteiger partial charge >= 0.3 is 6.36 Å². The molecule has 0 radical (unpaired) electrons. The van der Waals surface area contributed by atoms with Gasteiger partial charge in [-0.2, -0.15) is 10.2 Å². The Morgan fingerprint density at radius 2 is 1.91 bits per heavy atom. The zero-order valence-electron chi connectivity index (χ0n) is 18.5. The molecule has 7 nitrogen and oxygen atoms in total. The van der Waals surface area contributed by atoms with E-state index < -0.39 is 6.36 Å². The first-order valence-corrected chi connectivity index (χ1v) is 11.5. The molecular formula is C24H26F3N5O2. The Labute approximate surface area is 195 Å². The number of anilines is 2. The third-order valence-corrected chi connectivity index (χ3v) is 7.58. The molecule has 180 valence electrons. The van der Waals surface area contributed by atoms with Crippen molar-refractivity contribution in [1.82, 2.24) is 9.97 Å². The molecule has 1 heterocycles. The quantitative estimate of drug-likeness (QED) is 0.546. The third-order valence-electron chi connectivity index (χ3n) is 7.58. The maximum absolute atomic E-state index is 12.7. The highest BCUT2D eigenvalue weighted by Gasteiger charge is 2.55. The minimum atomic E-state index is -4.79. The summed E-state index contributed by atoms with van der Waals surface area (Å²) in [6.45, 7) is 0.251. The van der Waals surface area contributed by atoms with Gasteiger partial charge in [-0.05, 0) is 61.3 Å². The molecule has 2 atom stereocenters. The molecule has 2 aromatic rings. The number of nitriles is 1. The van der Waals surface area contributed by atoms with Gasteiger partial charge in [0.1, 0.15) is 23.2 Å². The van der Waals surface area contributed by atoms with Crippen LogP contribution in [0.4, 0.5) is 24.9 Å². The number of rotatable bonds is 7. The Bertz CT molecular complexity index is 1090. The van der Waals surface area contributed by atoms with Gasteiger partial charge in [0, 0.05) is 24.8 Å². The fourth-order valence-corrected chi connectivity index (χ4v) is 6.49. The maximum Gasteiger partial charge on any atom is 0.573 e. The number of halogens is 3. The molecule has 0 aliphatic heterocycles. The summed E-state index contributed by atoms with van der Waals surface area (Å²) in [5.41, 5.74) is 0.659. The van der Waals surface area contributed by atoms with Gasteiger partial charge in [-0.1, -0.05) is 18.2 Å². The molecule has 0 saturated heterocycles. The molecule has 3 N–H and O–H groups in total. The van der Waals surface area contributed by atoms with Crippen LogP contribution < -0.4 is 15.4 Å². The lowest BCUT2D eigenvalue weighted by molar-refractivity contribution is -0.274. The van der Waals surface area contributed by atoms with Gasteiger partial charge in [0.25, 0.3) is 0 Å². The molecule has 4 aliphatic rings. The predicted molar refractivity (Wildman–Crippen MR) is 118 cm³/mol. The average Bonchev–Trinajstić information content (AvgIpc) is 2.79. The molecule has 4 bridgehead atoms. The third kappa shape index (κ3) is 4.49. The summed E-state index contributed by atoms with van der Waals surface area (Å²) in [4.78, 5) is 8.64. The summed E-state index contributed by atoms with van der Waals surface area (Å²) < 4.78 is 42.2. The van der Waals surface area contributed by atoms with Gasteiger partial charge in [-0.3, -0.25) is 0 Å². The Balaban J connectivity index is 1.31. The van der Waals surface area contributed by atoms with E-state index in [4.69, 9.17) is 0 Å². The molecule has 1 aromatic heterocycles. The number of aromatic nitrogens is 2. The summed E-state index contributed by atoms with van der Waals surface area (Å²) >= 11 is 0. The summed E-state index contributed by atoms with van der Waals surface area (Å²) in [5.74, 6) is 1.83. The number of nitrogens with one attached hydrogen (secondary N) is 2. The highest BCUT2D eigenvalue weighted by Crippen LogP contribution is 2.60. The summed E-state index contributed by atoms with van der Waals surface area (Å²) in [6.07, 6.45) is 1.92. The lowest BCUT2D eigenvalue weighted by atomic mass is 9.48. The van der Waals surface area contributed by atoms with Crippen molar-refractivity contribution < 1.29 is 23.0 Å². The standard InChI is InChI=1S/C24H26F3N5O2/c25-24(26,27)34-19-4-2-1-3-15(19)11-29-22-30-12-18(10-28)21(32-22)31-20-16-5-14-6-17(20)9-23(7-14,8-16)13-33/h1-4,12,14,16-17,20,33H,5-9,11,13H2,(H2,29,30,31,32). The average molecular weight is 473 g/mol. The molecule has 0 amide bonds. The molecular weight excluding hydrogens is 447 g/mol. The van der Waals surface area contributed by atoms with Crippen LogP contribution in [0.5, 0.6) is 5.75 Å². The lowest BCUT2D eigenvalue weighted by Crippen LogP contribution is -2.57. The highest BCUT2D eigenvalue weighted by molar-refractivity contribution is 5.54. The first-order chi connectivity index (χ1) is 16.3. The van der Waals surface area contributed by atoms with Gasteiger partial charge < -0.3 is 20.5 Å². The maximum atomic E-state index is 12.7. The number of alkyl halides is 3. The lowest BCUT2D eigenvalue weighted by Gasteiger charge is -2.59. The normalized spacial score (nSPS) is 29.5. The number of ether oxygens (including phenoxy) is 1. The van der Waals surface area contributed by atoms with Crippen LogP contribution in [-0.2, 0) is 6.54 Å². The van der Waals surface area contributed by atoms with Gasteiger partial charge in [-0.15, -0.1) is 13.2 Å². The smallest absolute Gasteiger partial charge is 0.405 e. The number of benzene rings is 1. The summed E-state index contributed by atoms with van der Waals surface area (Å²) in [7, 11) is 0. The van der Waals surface area contributed by atoms with Crippen molar-refractivity contribution in [3.63, 3.8) is 0 Å². The molecule has 10 heteroatoms. The van der Waals surface area contributed by atoms with Crippen LogP contribution in [0.15, 0.2) is 30.5 Å². The largest absolute Gasteiger partial charge is 0.573 e. The second kappa shape index (κ2) is 8.62. The second-order valence-corrected chi connectivity index (χ2v) is 9.87. The van der Waals surface area contributed by atoms with Crippen LogP contribution in [0.3, 0.4) is 0 Å². The van der Waals surface area contributed by atoms with Gasteiger partial charge in [0.15, 0.2) is 0 Å². The molecule has 0 spiro atoms. The van der Waals surface area contributed by atoms with Gasteiger partial charge in [-0.25, -0.2) is 4.98 Å². The van der Waals surface area contributed by atoms with Crippen molar-refractivity contribution in [2.24, 2.45) is 23.2 Å². The number of aliphatic hydroxyl groups excluding tert-OH is 1. The zero-order valence-corrected chi connectivity index (χ0v) is 18.5.